The van der Waals surface area contributed by atoms with Crippen LogP contribution in [0.25, 0.3) is 16.7 Å². The number of benzene rings is 1. The van der Waals surface area contributed by atoms with E-state index in [-0.39, 0.29) is 0 Å². The third-order valence-electron chi connectivity index (χ3n) is 2.61. The number of nitrogens with zero attached hydrogens (tertiary/aromatic N) is 4. The predicted octanol–water partition coefficient (Wildman–Crippen LogP) is 3.36. The van der Waals surface area contributed by atoms with Gasteiger partial charge in [-0.1, -0.05) is 34.8 Å². The van der Waals surface area contributed by atoms with E-state index in [0.29, 0.717) is 37.6 Å². The highest BCUT2D eigenvalue weighted by Gasteiger charge is 2.13. The van der Waals surface area contributed by atoms with Crippen molar-refractivity contribution < 1.29 is 0 Å². The maximum absolute atomic E-state index is 6.15. The highest BCUT2D eigenvalue weighted by Crippen LogP contribution is 2.32. The minimum atomic E-state index is 0.354. The summed E-state index contributed by atoms with van der Waals surface area (Å²) in [4.78, 5) is 8.05. The second-order valence-electron chi connectivity index (χ2n) is 3.77. The molecule has 3 aromatic rings. The summed E-state index contributed by atoms with van der Waals surface area (Å²) in [7, 11) is 0. The van der Waals surface area contributed by atoms with Gasteiger partial charge in [-0.25, -0.2) is 14.6 Å². The molecule has 0 unspecified atom stereocenters. The van der Waals surface area contributed by atoms with Crippen LogP contribution in [-0.4, -0.2) is 19.7 Å². The van der Waals surface area contributed by atoms with Gasteiger partial charge in [0.05, 0.1) is 32.3 Å². The first-order valence-electron chi connectivity index (χ1n) is 5.17. The Bertz CT molecular complexity index is 783. The van der Waals surface area contributed by atoms with Gasteiger partial charge in [0.2, 0.25) is 0 Å². The van der Waals surface area contributed by atoms with E-state index in [0.717, 1.165) is 0 Å². The topological polar surface area (TPSA) is 69.6 Å². The van der Waals surface area contributed by atoms with E-state index in [1.807, 2.05) is 0 Å². The molecule has 0 bridgehead atoms. The van der Waals surface area contributed by atoms with Crippen molar-refractivity contribution in [2.24, 2.45) is 0 Å². The summed E-state index contributed by atoms with van der Waals surface area (Å²) in [6.07, 6.45) is 2.94. The number of aromatic nitrogens is 4. The molecule has 0 aliphatic heterocycles. The fourth-order valence-electron chi connectivity index (χ4n) is 1.71. The molecule has 0 aliphatic carbocycles. The molecule has 2 aromatic heterocycles. The Morgan fingerprint density at radius 1 is 1.00 bits per heavy atom. The van der Waals surface area contributed by atoms with Gasteiger partial charge >= 0.3 is 0 Å². The van der Waals surface area contributed by atoms with Gasteiger partial charge in [0.1, 0.15) is 12.1 Å². The van der Waals surface area contributed by atoms with Crippen LogP contribution in [0.2, 0.25) is 15.1 Å². The van der Waals surface area contributed by atoms with Crippen LogP contribution in [0.3, 0.4) is 0 Å². The molecule has 96 valence electrons. The Labute approximate surface area is 122 Å². The van der Waals surface area contributed by atoms with Crippen molar-refractivity contribution in [3.05, 3.63) is 39.7 Å². The molecule has 0 radical (unpaired) electrons. The van der Waals surface area contributed by atoms with Crippen molar-refractivity contribution in [3.63, 3.8) is 0 Å². The van der Waals surface area contributed by atoms with Crippen molar-refractivity contribution in [1.29, 1.82) is 0 Å². The van der Waals surface area contributed by atoms with Crippen LogP contribution >= 0.6 is 34.8 Å². The Balaban J connectivity index is 2.31. The van der Waals surface area contributed by atoms with E-state index in [1.165, 1.54) is 11.0 Å². The van der Waals surface area contributed by atoms with Crippen molar-refractivity contribution in [3.8, 4) is 5.69 Å². The molecule has 1 aromatic carbocycles. The summed E-state index contributed by atoms with van der Waals surface area (Å²) in [5.41, 5.74) is 6.88. The molecule has 5 nitrogen and oxygen atoms in total. The Hall–Kier alpha value is -1.56. The summed E-state index contributed by atoms with van der Waals surface area (Å²) in [5, 5.41) is 6.02. The molecule has 0 spiro atoms. The number of halogens is 3. The number of nitrogens with two attached hydrogens (primary N) is 1. The van der Waals surface area contributed by atoms with Gasteiger partial charge in [-0.15, -0.1) is 0 Å². The minimum absolute atomic E-state index is 0.354. The Morgan fingerprint density at radius 3 is 2.53 bits per heavy atom. The number of anilines is 1. The second kappa shape index (κ2) is 4.52. The fourth-order valence-corrected chi connectivity index (χ4v) is 2.33. The third-order valence-corrected chi connectivity index (χ3v) is 3.64. The highest BCUT2D eigenvalue weighted by molar-refractivity contribution is 6.43. The zero-order valence-corrected chi connectivity index (χ0v) is 11.6. The van der Waals surface area contributed by atoms with Gasteiger partial charge in [0.15, 0.2) is 5.65 Å². The van der Waals surface area contributed by atoms with E-state index in [9.17, 15) is 0 Å². The normalized spacial score (nSPS) is 11.1. The summed E-state index contributed by atoms with van der Waals surface area (Å²) < 4.78 is 1.54. The minimum Gasteiger partial charge on any atom is -0.383 e. The molecule has 0 amide bonds. The van der Waals surface area contributed by atoms with E-state index >= 15 is 0 Å². The lowest BCUT2D eigenvalue weighted by atomic mass is 10.3. The molecular weight excluding hydrogens is 309 g/mol. The summed E-state index contributed by atoms with van der Waals surface area (Å²) >= 11 is 18.0. The maximum atomic E-state index is 6.15. The van der Waals surface area contributed by atoms with E-state index in [1.54, 1.807) is 18.3 Å². The van der Waals surface area contributed by atoms with Gasteiger partial charge in [-0.2, -0.15) is 5.10 Å². The molecule has 0 atom stereocenters. The van der Waals surface area contributed by atoms with Crippen LogP contribution in [0, 0.1) is 0 Å². The molecule has 19 heavy (non-hydrogen) atoms. The van der Waals surface area contributed by atoms with E-state index in [2.05, 4.69) is 15.1 Å². The third kappa shape index (κ3) is 2.00. The van der Waals surface area contributed by atoms with E-state index < -0.39 is 0 Å². The molecule has 0 fully saturated rings. The zero-order chi connectivity index (χ0) is 13.6. The zero-order valence-electron chi connectivity index (χ0n) is 9.31. The van der Waals surface area contributed by atoms with Crippen LogP contribution in [0.5, 0.6) is 0 Å². The monoisotopic (exact) mass is 313 g/mol. The van der Waals surface area contributed by atoms with Gasteiger partial charge in [-0.3, -0.25) is 0 Å². The lowest BCUT2D eigenvalue weighted by Crippen LogP contribution is -2.00. The average Bonchev–Trinajstić information content (AvgIpc) is 2.79. The van der Waals surface area contributed by atoms with Crippen LogP contribution in [0.15, 0.2) is 24.7 Å². The number of hydrogen-bond donors (Lipinski definition) is 1. The smallest absolute Gasteiger partial charge is 0.168 e. The summed E-state index contributed by atoms with van der Waals surface area (Å²) in [5.74, 6) is 0.354. The SMILES string of the molecule is Nc1ncnc2c1cnn2-c1cc(Cl)c(Cl)cc1Cl. The highest BCUT2D eigenvalue weighted by atomic mass is 35.5. The van der Waals surface area contributed by atoms with Crippen molar-refractivity contribution >= 4 is 51.7 Å². The first-order valence-corrected chi connectivity index (χ1v) is 6.30. The van der Waals surface area contributed by atoms with Crippen molar-refractivity contribution in [2.45, 2.75) is 0 Å². The molecule has 0 saturated heterocycles. The maximum Gasteiger partial charge on any atom is 0.168 e. The quantitative estimate of drug-likeness (QED) is 0.699. The number of fused-ring (bicyclic) bond motifs is 1. The largest absolute Gasteiger partial charge is 0.383 e. The standard InChI is InChI=1S/C11H6Cl3N5/c12-6-1-8(14)9(2-7(6)13)19-11-5(3-18-19)10(15)16-4-17-11/h1-4H,(H2,15,16,17). The van der Waals surface area contributed by atoms with Crippen LogP contribution in [-0.2, 0) is 0 Å². The van der Waals surface area contributed by atoms with Crippen molar-refractivity contribution in [1.82, 2.24) is 19.7 Å². The van der Waals surface area contributed by atoms with Gasteiger partial charge in [0.25, 0.3) is 0 Å². The first kappa shape index (κ1) is 12.5. The second-order valence-corrected chi connectivity index (χ2v) is 4.99. The molecular formula is C11H6Cl3N5. The summed E-state index contributed by atoms with van der Waals surface area (Å²) in [6, 6.07) is 3.18. The van der Waals surface area contributed by atoms with Crippen LogP contribution in [0.1, 0.15) is 0 Å². The summed E-state index contributed by atoms with van der Waals surface area (Å²) in [6.45, 7) is 0. The fraction of sp³-hybridized carbons (Fsp3) is 0. The number of hydrogen-bond acceptors (Lipinski definition) is 4. The first-order chi connectivity index (χ1) is 9.08. The molecule has 0 aliphatic rings. The van der Waals surface area contributed by atoms with Gasteiger partial charge < -0.3 is 5.73 Å². The average molecular weight is 315 g/mol. The van der Waals surface area contributed by atoms with Gasteiger partial charge in [-0.05, 0) is 12.1 Å². The van der Waals surface area contributed by atoms with Crippen molar-refractivity contribution in [2.75, 3.05) is 5.73 Å². The van der Waals surface area contributed by atoms with Gasteiger partial charge in [0, 0.05) is 0 Å². The predicted molar refractivity (Wildman–Crippen MR) is 76.1 cm³/mol. The Morgan fingerprint density at radius 2 is 1.74 bits per heavy atom. The lowest BCUT2D eigenvalue weighted by Gasteiger charge is -2.07. The number of rotatable bonds is 1. The lowest BCUT2D eigenvalue weighted by molar-refractivity contribution is 0.895. The molecule has 3 rings (SSSR count). The van der Waals surface area contributed by atoms with Crippen LogP contribution in [0.4, 0.5) is 5.82 Å². The molecule has 2 heterocycles. The Kier molecular flexibility index (Phi) is 2.97. The van der Waals surface area contributed by atoms with Crippen LogP contribution < -0.4 is 5.73 Å². The molecule has 0 saturated carbocycles. The number of nitrogen functional groups attached to an aromatic ring is 1. The van der Waals surface area contributed by atoms with E-state index in [4.69, 9.17) is 40.5 Å². The molecule has 2 N–H and O–H groups in total. The molecule has 8 heteroatoms.